The first-order valence-corrected chi connectivity index (χ1v) is 15.7. The van der Waals surface area contributed by atoms with Crippen LogP contribution in [0.15, 0.2) is 53.1 Å². The molecule has 1 saturated carbocycles. The lowest BCUT2D eigenvalue weighted by molar-refractivity contribution is -0.117. The van der Waals surface area contributed by atoms with E-state index >= 15 is 0 Å². The van der Waals surface area contributed by atoms with Gasteiger partial charge in [0, 0.05) is 30.5 Å². The summed E-state index contributed by atoms with van der Waals surface area (Å²) in [5.74, 6) is 1.95. The predicted octanol–water partition coefficient (Wildman–Crippen LogP) is 7.73. The van der Waals surface area contributed by atoms with Gasteiger partial charge >= 0.3 is 0 Å². The van der Waals surface area contributed by atoms with Gasteiger partial charge in [-0.05, 0) is 106 Å². The standard InChI is InChI=1S/C36H38N4O3/c1-21-33(22(2)43-38-21)25-11-17-31-29(20-25)37-35(39(31)26-12-14-27(42-4)15-13-26)36(3)19-18-32(41)40(36)30-16-10-24-9-8-23-6-5-7-28(30)34(23)24/h5-7,10-11,16-17,20,26-27H,8-9,12-15,18-19H2,1-4H3/t26?,27?,36-/m1/s1. The number of ether oxygens (including phenoxy) is 1. The quantitative estimate of drug-likeness (QED) is 0.215. The van der Waals surface area contributed by atoms with E-state index in [1.165, 1.54) is 21.9 Å². The Labute approximate surface area is 251 Å². The summed E-state index contributed by atoms with van der Waals surface area (Å²) in [7, 11) is 1.82. The summed E-state index contributed by atoms with van der Waals surface area (Å²) in [6.07, 6.45) is 7.74. The van der Waals surface area contributed by atoms with E-state index in [1.54, 1.807) is 0 Å². The number of hydrogen-bond donors (Lipinski definition) is 0. The van der Waals surface area contributed by atoms with E-state index < -0.39 is 5.54 Å². The Bertz CT molecular complexity index is 1880. The smallest absolute Gasteiger partial charge is 0.227 e. The Morgan fingerprint density at radius 2 is 1.77 bits per heavy atom. The predicted molar refractivity (Wildman–Crippen MR) is 168 cm³/mol. The Morgan fingerprint density at radius 1 is 0.977 bits per heavy atom. The topological polar surface area (TPSA) is 73.4 Å². The van der Waals surface area contributed by atoms with Crippen molar-refractivity contribution in [3.05, 3.63) is 76.9 Å². The van der Waals surface area contributed by atoms with Crippen LogP contribution in [-0.2, 0) is 27.9 Å². The van der Waals surface area contributed by atoms with E-state index in [1.807, 2.05) is 21.0 Å². The number of aromatic nitrogens is 3. The zero-order valence-corrected chi connectivity index (χ0v) is 25.4. The molecule has 0 spiro atoms. The number of methoxy groups -OCH3 is 1. The molecule has 3 aromatic carbocycles. The maximum Gasteiger partial charge on any atom is 0.227 e. The van der Waals surface area contributed by atoms with Crippen molar-refractivity contribution in [2.24, 2.45) is 0 Å². The molecule has 2 fully saturated rings. The van der Waals surface area contributed by atoms with Gasteiger partial charge < -0.3 is 13.8 Å². The fourth-order valence-corrected chi connectivity index (χ4v) is 8.33. The van der Waals surface area contributed by atoms with Crippen molar-refractivity contribution in [1.82, 2.24) is 14.7 Å². The van der Waals surface area contributed by atoms with Crippen molar-refractivity contribution in [2.75, 3.05) is 12.0 Å². The minimum Gasteiger partial charge on any atom is -0.381 e. The van der Waals surface area contributed by atoms with E-state index in [0.29, 0.717) is 18.6 Å². The monoisotopic (exact) mass is 574 g/mol. The number of rotatable bonds is 5. The zero-order chi connectivity index (χ0) is 29.5. The number of imidazole rings is 1. The Kier molecular flexibility index (Phi) is 6.06. The third-order valence-electron chi connectivity index (χ3n) is 10.5. The second-order valence-electron chi connectivity index (χ2n) is 13.0. The average Bonchev–Trinajstić information content (AvgIpc) is 3.78. The van der Waals surface area contributed by atoms with Gasteiger partial charge in [0.1, 0.15) is 17.1 Å². The lowest BCUT2D eigenvalue weighted by Gasteiger charge is -2.38. The largest absolute Gasteiger partial charge is 0.381 e. The Balaban J connectivity index is 1.32. The molecular formula is C36H38N4O3. The van der Waals surface area contributed by atoms with Crippen molar-refractivity contribution in [2.45, 2.75) is 89.8 Å². The molecule has 2 aliphatic carbocycles. The lowest BCUT2D eigenvalue weighted by atomic mass is 9.90. The molecule has 0 radical (unpaired) electrons. The summed E-state index contributed by atoms with van der Waals surface area (Å²) in [6.45, 7) is 6.17. The maximum atomic E-state index is 13.9. The molecule has 43 heavy (non-hydrogen) atoms. The summed E-state index contributed by atoms with van der Waals surface area (Å²) in [4.78, 5) is 21.4. The van der Waals surface area contributed by atoms with Crippen molar-refractivity contribution in [1.29, 1.82) is 0 Å². The molecule has 1 atom stereocenters. The van der Waals surface area contributed by atoms with E-state index in [2.05, 4.69) is 70.1 Å². The van der Waals surface area contributed by atoms with Crippen LogP contribution in [0.25, 0.3) is 32.9 Å². The summed E-state index contributed by atoms with van der Waals surface area (Å²) in [5, 5.41) is 6.70. The van der Waals surface area contributed by atoms with Crippen LogP contribution < -0.4 is 4.90 Å². The van der Waals surface area contributed by atoms with Gasteiger partial charge in [0.15, 0.2) is 0 Å². The van der Waals surface area contributed by atoms with Gasteiger partial charge in [-0.15, -0.1) is 0 Å². The molecular weight excluding hydrogens is 536 g/mol. The fourth-order valence-electron chi connectivity index (χ4n) is 8.33. The Hall–Kier alpha value is -3.97. The number of hydrogen-bond acceptors (Lipinski definition) is 5. The highest BCUT2D eigenvalue weighted by atomic mass is 16.5. The number of nitrogens with zero attached hydrogens (tertiary/aromatic N) is 4. The molecule has 7 heteroatoms. The summed E-state index contributed by atoms with van der Waals surface area (Å²) in [5.41, 5.74) is 8.21. The SMILES string of the molecule is COC1CCC(n2c([C@@]3(C)CCC(=O)N3c3ccc4c5c(cccc35)CC4)nc3cc(-c4c(C)noc4C)ccc32)CC1. The van der Waals surface area contributed by atoms with E-state index in [4.69, 9.17) is 14.2 Å². The van der Waals surface area contributed by atoms with Gasteiger partial charge in [-0.3, -0.25) is 9.69 Å². The van der Waals surface area contributed by atoms with Gasteiger partial charge in [0.05, 0.1) is 28.5 Å². The van der Waals surface area contributed by atoms with Crippen LogP contribution >= 0.6 is 0 Å². The maximum absolute atomic E-state index is 13.9. The zero-order valence-electron chi connectivity index (χ0n) is 25.4. The highest BCUT2D eigenvalue weighted by Gasteiger charge is 2.48. The third-order valence-corrected chi connectivity index (χ3v) is 10.5. The minimum absolute atomic E-state index is 0.166. The van der Waals surface area contributed by atoms with Gasteiger partial charge in [0.25, 0.3) is 0 Å². The minimum atomic E-state index is -0.587. The first-order chi connectivity index (χ1) is 20.9. The summed E-state index contributed by atoms with van der Waals surface area (Å²) in [6, 6.07) is 17.8. The molecule has 220 valence electrons. The van der Waals surface area contributed by atoms with Gasteiger partial charge in [-0.1, -0.05) is 35.5 Å². The van der Waals surface area contributed by atoms with Gasteiger partial charge in [0.2, 0.25) is 5.91 Å². The molecule has 0 unspecified atom stereocenters. The molecule has 3 heterocycles. The van der Waals surface area contributed by atoms with Gasteiger partial charge in [-0.25, -0.2) is 4.98 Å². The van der Waals surface area contributed by atoms with Crippen molar-refractivity contribution < 1.29 is 14.1 Å². The molecule has 0 bridgehead atoms. The van der Waals surface area contributed by atoms with Crippen LogP contribution in [0.3, 0.4) is 0 Å². The molecule has 8 rings (SSSR count). The number of benzene rings is 3. The first-order valence-electron chi connectivity index (χ1n) is 15.7. The van der Waals surface area contributed by atoms with Crippen LogP contribution in [0.1, 0.15) is 79.9 Å². The van der Waals surface area contributed by atoms with E-state index in [0.717, 1.165) is 90.1 Å². The number of aryl methyl sites for hydroxylation is 4. The highest BCUT2D eigenvalue weighted by Crippen LogP contribution is 2.48. The molecule has 2 aromatic heterocycles. The van der Waals surface area contributed by atoms with Crippen molar-refractivity contribution >= 4 is 33.4 Å². The molecule has 3 aliphatic rings. The Morgan fingerprint density at radius 3 is 2.51 bits per heavy atom. The number of anilines is 1. The number of fused-ring (bicyclic) bond motifs is 1. The number of amides is 1. The second kappa shape index (κ2) is 9.78. The third kappa shape index (κ3) is 3.93. The van der Waals surface area contributed by atoms with Crippen LogP contribution in [0.4, 0.5) is 5.69 Å². The highest BCUT2D eigenvalue weighted by molar-refractivity contribution is 6.08. The van der Waals surface area contributed by atoms with Crippen LogP contribution in [-0.4, -0.2) is 33.8 Å². The summed E-state index contributed by atoms with van der Waals surface area (Å²) >= 11 is 0. The lowest BCUT2D eigenvalue weighted by Crippen LogP contribution is -2.44. The van der Waals surface area contributed by atoms with Crippen molar-refractivity contribution in [3.63, 3.8) is 0 Å². The molecule has 5 aromatic rings. The number of carbonyl (C=O) groups is 1. The van der Waals surface area contributed by atoms with Crippen molar-refractivity contribution in [3.8, 4) is 11.1 Å². The molecule has 7 nitrogen and oxygen atoms in total. The fraction of sp³-hybridized carbons (Fsp3) is 0.417. The van der Waals surface area contributed by atoms with E-state index in [9.17, 15) is 4.79 Å². The van der Waals surface area contributed by atoms with Gasteiger partial charge in [-0.2, -0.15) is 0 Å². The number of carbonyl (C=O) groups excluding carboxylic acids is 1. The normalized spacial score (nSPS) is 23.7. The molecule has 1 aliphatic heterocycles. The first kappa shape index (κ1) is 26.6. The summed E-state index contributed by atoms with van der Waals surface area (Å²) < 4.78 is 13.7. The van der Waals surface area contributed by atoms with E-state index in [-0.39, 0.29) is 5.91 Å². The average molecular weight is 575 g/mol. The van der Waals surface area contributed by atoms with Crippen LogP contribution in [0.5, 0.6) is 0 Å². The second-order valence-corrected chi connectivity index (χ2v) is 13.0. The van der Waals surface area contributed by atoms with Crippen LogP contribution in [0, 0.1) is 13.8 Å². The molecule has 1 saturated heterocycles. The molecule has 0 N–H and O–H groups in total. The molecule has 1 amide bonds. The van der Waals surface area contributed by atoms with Crippen LogP contribution in [0.2, 0.25) is 0 Å².